The van der Waals surface area contributed by atoms with Crippen LogP contribution in [0.15, 0.2) is 0 Å². The van der Waals surface area contributed by atoms with Crippen LogP contribution in [0.3, 0.4) is 0 Å². The van der Waals surface area contributed by atoms with Gasteiger partial charge in [-0.25, -0.2) is 0 Å². The largest absolute Gasteiger partial charge is 0.379 e. The highest BCUT2D eigenvalue weighted by molar-refractivity contribution is 5.52. The number of hydrogen-bond donors (Lipinski definition) is 1. The highest BCUT2D eigenvalue weighted by Crippen LogP contribution is 2.39. The highest BCUT2D eigenvalue weighted by Gasteiger charge is 2.32. The molecule has 3 heteroatoms. The molecule has 18 heavy (non-hydrogen) atoms. The first kappa shape index (κ1) is 13.4. The van der Waals surface area contributed by atoms with Crippen LogP contribution in [0.25, 0.3) is 0 Å². The Hall–Kier alpha value is -0.990. The minimum atomic E-state index is 0.511. The van der Waals surface area contributed by atoms with Gasteiger partial charge in [0.2, 0.25) is 0 Å². The van der Waals surface area contributed by atoms with E-state index in [1.807, 2.05) is 11.7 Å². The summed E-state index contributed by atoms with van der Waals surface area (Å²) in [7, 11) is 2.01. The third-order valence-corrected chi connectivity index (χ3v) is 4.53. The average molecular weight is 249 g/mol. The summed E-state index contributed by atoms with van der Waals surface area (Å²) in [6, 6.07) is 0.597. The summed E-state index contributed by atoms with van der Waals surface area (Å²) in [6.07, 6.45) is 3.89. The number of hydrogen-bond acceptors (Lipinski definition) is 2. The van der Waals surface area contributed by atoms with Gasteiger partial charge in [-0.05, 0) is 44.4 Å². The Morgan fingerprint density at radius 3 is 2.50 bits per heavy atom. The molecule has 0 aromatic carbocycles. The monoisotopic (exact) mass is 249 g/mol. The first-order valence-corrected chi connectivity index (χ1v) is 7.07. The normalized spacial score (nSPS) is 27.2. The van der Waals surface area contributed by atoms with Crippen molar-refractivity contribution in [3.05, 3.63) is 11.4 Å². The van der Waals surface area contributed by atoms with Crippen LogP contribution in [0, 0.1) is 25.2 Å². The van der Waals surface area contributed by atoms with Crippen molar-refractivity contribution in [2.24, 2.45) is 18.4 Å². The minimum absolute atomic E-state index is 0.511. The molecule has 3 nitrogen and oxygen atoms in total. The molecule has 2 rings (SSSR count). The number of nitrogens with zero attached hydrogens (tertiary/aromatic N) is 2. The second kappa shape index (κ2) is 4.60. The molecule has 1 aromatic rings. The van der Waals surface area contributed by atoms with Gasteiger partial charge in [-0.1, -0.05) is 20.8 Å². The van der Waals surface area contributed by atoms with Crippen LogP contribution >= 0.6 is 0 Å². The van der Waals surface area contributed by atoms with Gasteiger partial charge in [-0.15, -0.1) is 0 Å². The Balaban J connectivity index is 2.10. The fraction of sp³-hybridized carbons (Fsp3) is 0.800. The fourth-order valence-corrected chi connectivity index (χ4v) is 3.33. The van der Waals surface area contributed by atoms with E-state index in [1.54, 1.807) is 0 Å². The average Bonchev–Trinajstić information content (AvgIpc) is 2.47. The summed E-state index contributed by atoms with van der Waals surface area (Å²) < 4.78 is 1.97. The van der Waals surface area contributed by atoms with Crippen LogP contribution in [0.4, 0.5) is 5.69 Å². The molecule has 1 N–H and O–H groups in total. The standard InChI is InChI=1S/C15H27N3/c1-10-9-15(4,5)8-7-13(10)16-14-11(2)17-18(6)12(14)3/h10,13,16H,7-9H2,1-6H3. The molecular weight excluding hydrogens is 222 g/mol. The summed E-state index contributed by atoms with van der Waals surface area (Å²) in [5, 5.41) is 8.23. The zero-order valence-corrected chi connectivity index (χ0v) is 12.7. The van der Waals surface area contributed by atoms with Gasteiger partial charge in [0.1, 0.15) is 0 Å². The van der Waals surface area contributed by atoms with E-state index in [-0.39, 0.29) is 0 Å². The van der Waals surface area contributed by atoms with Crippen LogP contribution in [-0.2, 0) is 7.05 Å². The lowest BCUT2D eigenvalue weighted by atomic mass is 9.70. The van der Waals surface area contributed by atoms with Gasteiger partial charge in [-0.2, -0.15) is 5.10 Å². The SMILES string of the molecule is Cc1nn(C)c(C)c1NC1CCC(C)(C)CC1C. The van der Waals surface area contributed by atoms with E-state index in [1.165, 1.54) is 30.6 Å². The summed E-state index contributed by atoms with van der Waals surface area (Å²) in [4.78, 5) is 0. The zero-order chi connectivity index (χ0) is 13.5. The Labute approximate surface area is 111 Å². The summed E-state index contributed by atoms with van der Waals surface area (Å²) >= 11 is 0. The van der Waals surface area contributed by atoms with Gasteiger partial charge >= 0.3 is 0 Å². The molecule has 0 bridgehead atoms. The van der Waals surface area contributed by atoms with Gasteiger partial charge < -0.3 is 5.32 Å². The molecule has 1 aliphatic rings. The smallest absolute Gasteiger partial charge is 0.0827 e. The molecular formula is C15H27N3. The minimum Gasteiger partial charge on any atom is -0.379 e. The van der Waals surface area contributed by atoms with Gasteiger partial charge in [-0.3, -0.25) is 4.68 Å². The molecule has 0 amide bonds. The van der Waals surface area contributed by atoms with Crippen molar-refractivity contribution in [2.45, 2.75) is 59.9 Å². The van der Waals surface area contributed by atoms with Crippen molar-refractivity contribution in [3.63, 3.8) is 0 Å². The van der Waals surface area contributed by atoms with E-state index in [4.69, 9.17) is 0 Å². The Bertz CT molecular complexity index is 431. The number of aromatic nitrogens is 2. The van der Waals surface area contributed by atoms with Crippen molar-refractivity contribution >= 4 is 5.69 Å². The van der Waals surface area contributed by atoms with Crippen LogP contribution in [-0.4, -0.2) is 15.8 Å². The molecule has 0 spiro atoms. The highest BCUT2D eigenvalue weighted by atomic mass is 15.3. The Morgan fingerprint density at radius 2 is 2.00 bits per heavy atom. The Morgan fingerprint density at radius 1 is 1.33 bits per heavy atom. The topological polar surface area (TPSA) is 29.9 Å². The second-order valence-corrected chi connectivity index (χ2v) is 6.80. The van der Waals surface area contributed by atoms with Gasteiger partial charge in [0.25, 0.3) is 0 Å². The quantitative estimate of drug-likeness (QED) is 0.867. The third-order valence-electron chi connectivity index (χ3n) is 4.53. The molecule has 2 unspecified atom stereocenters. The van der Waals surface area contributed by atoms with Crippen molar-refractivity contribution < 1.29 is 0 Å². The first-order valence-electron chi connectivity index (χ1n) is 7.07. The maximum atomic E-state index is 4.48. The molecule has 1 aliphatic carbocycles. The fourth-order valence-electron chi connectivity index (χ4n) is 3.33. The number of nitrogens with one attached hydrogen (secondary N) is 1. The van der Waals surface area contributed by atoms with Gasteiger partial charge in [0.15, 0.2) is 0 Å². The lowest BCUT2D eigenvalue weighted by Gasteiger charge is -2.40. The summed E-state index contributed by atoms with van der Waals surface area (Å²) in [5.41, 5.74) is 4.11. The lowest BCUT2D eigenvalue weighted by molar-refractivity contribution is 0.177. The Kier molecular flexibility index (Phi) is 3.43. The molecule has 1 fully saturated rings. The van der Waals surface area contributed by atoms with E-state index < -0.39 is 0 Å². The maximum Gasteiger partial charge on any atom is 0.0827 e. The predicted molar refractivity (Wildman–Crippen MR) is 76.9 cm³/mol. The van der Waals surface area contributed by atoms with E-state index in [0.29, 0.717) is 11.5 Å². The van der Waals surface area contributed by atoms with Crippen molar-refractivity contribution in [1.29, 1.82) is 0 Å². The molecule has 0 radical (unpaired) electrons. The van der Waals surface area contributed by atoms with Crippen LogP contribution in [0.2, 0.25) is 0 Å². The van der Waals surface area contributed by atoms with E-state index in [2.05, 4.69) is 45.0 Å². The van der Waals surface area contributed by atoms with Crippen molar-refractivity contribution in [2.75, 3.05) is 5.32 Å². The van der Waals surface area contributed by atoms with E-state index in [0.717, 1.165) is 11.6 Å². The van der Waals surface area contributed by atoms with Crippen molar-refractivity contribution in [1.82, 2.24) is 9.78 Å². The summed E-state index contributed by atoms with van der Waals surface area (Å²) in [6.45, 7) is 11.4. The molecule has 2 atom stereocenters. The third kappa shape index (κ3) is 2.55. The summed E-state index contributed by atoms with van der Waals surface area (Å²) in [5.74, 6) is 0.729. The van der Waals surface area contributed by atoms with Crippen LogP contribution < -0.4 is 5.32 Å². The van der Waals surface area contributed by atoms with Crippen LogP contribution in [0.5, 0.6) is 0 Å². The number of aryl methyl sites for hydroxylation is 2. The van der Waals surface area contributed by atoms with Gasteiger partial charge in [0, 0.05) is 13.1 Å². The van der Waals surface area contributed by atoms with Crippen molar-refractivity contribution in [3.8, 4) is 0 Å². The maximum absolute atomic E-state index is 4.48. The van der Waals surface area contributed by atoms with Crippen LogP contribution in [0.1, 0.15) is 51.4 Å². The van der Waals surface area contributed by atoms with Gasteiger partial charge in [0.05, 0.1) is 17.1 Å². The van der Waals surface area contributed by atoms with E-state index >= 15 is 0 Å². The zero-order valence-electron chi connectivity index (χ0n) is 12.7. The lowest BCUT2D eigenvalue weighted by Crippen LogP contribution is -2.37. The number of anilines is 1. The second-order valence-electron chi connectivity index (χ2n) is 6.80. The number of rotatable bonds is 2. The molecule has 0 saturated heterocycles. The van der Waals surface area contributed by atoms with E-state index in [9.17, 15) is 0 Å². The molecule has 102 valence electrons. The molecule has 1 heterocycles. The molecule has 1 saturated carbocycles. The first-order chi connectivity index (χ1) is 8.30. The molecule has 1 aromatic heterocycles. The predicted octanol–water partition coefficient (Wildman–Crippen LogP) is 3.66. The molecule has 0 aliphatic heterocycles.